The van der Waals surface area contributed by atoms with Gasteiger partial charge in [-0.3, -0.25) is 4.79 Å². The van der Waals surface area contributed by atoms with Crippen LogP contribution in [0.3, 0.4) is 0 Å². The zero-order valence-electron chi connectivity index (χ0n) is 14.7. The van der Waals surface area contributed by atoms with Crippen LogP contribution >= 0.6 is 0 Å². The van der Waals surface area contributed by atoms with E-state index < -0.39 is 0 Å². The van der Waals surface area contributed by atoms with E-state index in [0.29, 0.717) is 11.1 Å². The van der Waals surface area contributed by atoms with Crippen LogP contribution in [0.5, 0.6) is 0 Å². The summed E-state index contributed by atoms with van der Waals surface area (Å²) >= 11 is 0. The van der Waals surface area contributed by atoms with Crippen LogP contribution in [-0.2, 0) is 0 Å². The number of carbonyl (C=O) groups is 1. The number of hydrogen-bond donors (Lipinski definition) is 0. The van der Waals surface area contributed by atoms with Gasteiger partial charge < -0.3 is 0 Å². The molecule has 1 nitrogen and oxygen atoms in total. The van der Waals surface area contributed by atoms with Crippen molar-refractivity contribution in [1.29, 1.82) is 0 Å². The number of rotatable bonds is 4. The Morgan fingerprint density at radius 3 is 2.20 bits per heavy atom. The predicted molar refractivity (Wildman–Crippen MR) is 101 cm³/mol. The minimum absolute atomic E-state index is 0.212. The van der Waals surface area contributed by atoms with Crippen LogP contribution in [0.2, 0.25) is 0 Å². The van der Waals surface area contributed by atoms with Crippen LogP contribution < -0.4 is 0 Å². The number of benzene rings is 3. The van der Waals surface area contributed by atoms with Crippen molar-refractivity contribution >= 4 is 6.29 Å². The summed E-state index contributed by atoms with van der Waals surface area (Å²) < 4.78 is 13.7. The second-order valence-corrected chi connectivity index (χ2v) is 6.63. The normalized spacial score (nSPS) is 10.9. The molecule has 0 aliphatic carbocycles. The lowest BCUT2D eigenvalue weighted by Gasteiger charge is -2.17. The first-order valence-electron chi connectivity index (χ1n) is 8.46. The van der Waals surface area contributed by atoms with Crippen molar-refractivity contribution in [2.24, 2.45) is 0 Å². The first kappa shape index (κ1) is 17.1. The molecule has 3 rings (SSSR count). The van der Waals surface area contributed by atoms with E-state index in [-0.39, 0.29) is 11.7 Å². The third kappa shape index (κ3) is 3.39. The van der Waals surface area contributed by atoms with Crippen LogP contribution in [0.1, 0.15) is 41.3 Å². The molecule has 126 valence electrons. The summed E-state index contributed by atoms with van der Waals surface area (Å²) in [6, 6.07) is 19.2. The van der Waals surface area contributed by atoms with E-state index in [9.17, 15) is 9.18 Å². The van der Waals surface area contributed by atoms with E-state index in [1.807, 2.05) is 24.3 Å². The lowest BCUT2D eigenvalue weighted by atomic mass is 9.87. The zero-order chi connectivity index (χ0) is 18.0. The number of aldehydes is 1. The van der Waals surface area contributed by atoms with Crippen LogP contribution in [0.4, 0.5) is 4.39 Å². The molecular weight excluding hydrogens is 311 g/mol. The van der Waals surface area contributed by atoms with Gasteiger partial charge in [0, 0.05) is 5.56 Å². The van der Waals surface area contributed by atoms with E-state index in [2.05, 4.69) is 32.0 Å². The average molecular weight is 332 g/mol. The molecule has 0 spiro atoms. The Labute approximate surface area is 148 Å². The van der Waals surface area contributed by atoms with Gasteiger partial charge in [0.05, 0.1) is 0 Å². The summed E-state index contributed by atoms with van der Waals surface area (Å²) in [5.41, 5.74) is 6.14. The SMILES string of the molecule is Cc1cc(-c2cc(-c3ccccc3)cc(C(C)C)c2C=O)ccc1F. The van der Waals surface area contributed by atoms with Crippen LogP contribution in [0.15, 0.2) is 60.7 Å². The maximum atomic E-state index is 13.7. The molecule has 0 aliphatic heterocycles. The maximum absolute atomic E-state index is 13.7. The Balaban J connectivity index is 2.30. The van der Waals surface area contributed by atoms with Gasteiger partial charge in [-0.2, -0.15) is 0 Å². The molecule has 0 N–H and O–H groups in total. The summed E-state index contributed by atoms with van der Waals surface area (Å²) in [7, 11) is 0. The summed E-state index contributed by atoms with van der Waals surface area (Å²) in [5, 5.41) is 0. The second kappa shape index (κ2) is 7.02. The average Bonchev–Trinajstić information content (AvgIpc) is 2.63. The van der Waals surface area contributed by atoms with Gasteiger partial charge in [0.2, 0.25) is 0 Å². The van der Waals surface area contributed by atoms with Crippen molar-refractivity contribution < 1.29 is 9.18 Å². The molecule has 0 saturated heterocycles. The predicted octanol–water partition coefficient (Wildman–Crippen LogP) is 6.40. The molecule has 0 radical (unpaired) electrons. The highest BCUT2D eigenvalue weighted by molar-refractivity contribution is 5.92. The first-order chi connectivity index (χ1) is 12.0. The number of hydrogen-bond acceptors (Lipinski definition) is 1. The van der Waals surface area contributed by atoms with Gasteiger partial charge >= 0.3 is 0 Å². The standard InChI is InChI=1S/C23H21FO/c1-15(2)20-12-19(17-7-5-4-6-8-17)13-21(22(20)14-25)18-9-10-23(24)16(3)11-18/h4-15H,1-3H3. The van der Waals surface area contributed by atoms with E-state index in [1.54, 1.807) is 19.1 Å². The van der Waals surface area contributed by atoms with Crippen molar-refractivity contribution in [3.8, 4) is 22.3 Å². The third-order valence-corrected chi connectivity index (χ3v) is 4.53. The summed E-state index contributed by atoms with van der Waals surface area (Å²) in [6.07, 6.45) is 0.915. The molecule has 0 aromatic heterocycles. The number of halogens is 1. The van der Waals surface area contributed by atoms with Crippen molar-refractivity contribution in [3.05, 3.63) is 83.2 Å². The molecule has 25 heavy (non-hydrogen) atoms. The largest absolute Gasteiger partial charge is 0.298 e. The van der Waals surface area contributed by atoms with Crippen LogP contribution in [0.25, 0.3) is 22.3 Å². The van der Waals surface area contributed by atoms with Gasteiger partial charge in [0.1, 0.15) is 5.82 Å². The molecule has 3 aromatic rings. The smallest absolute Gasteiger partial charge is 0.150 e. The Kier molecular flexibility index (Phi) is 4.80. The van der Waals surface area contributed by atoms with E-state index in [0.717, 1.165) is 34.1 Å². The van der Waals surface area contributed by atoms with E-state index in [1.165, 1.54) is 6.07 Å². The minimum Gasteiger partial charge on any atom is -0.298 e. The highest BCUT2D eigenvalue weighted by atomic mass is 19.1. The Bertz CT molecular complexity index is 911. The van der Waals surface area contributed by atoms with E-state index in [4.69, 9.17) is 0 Å². The van der Waals surface area contributed by atoms with Gasteiger partial charge in [-0.05, 0) is 64.4 Å². The highest BCUT2D eigenvalue weighted by Crippen LogP contribution is 2.35. The first-order valence-corrected chi connectivity index (χ1v) is 8.46. The lowest BCUT2D eigenvalue weighted by Crippen LogP contribution is -2.00. The zero-order valence-corrected chi connectivity index (χ0v) is 14.7. The van der Waals surface area contributed by atoms with Crippen LogP contribution in [0, 0.1) is 12.7 Å². The Hall–Kier alpha value is -2.74. The highest BCUT2D eigenvalue weighted by Gasteiger charge is 2.16. The van der Waals surface area contributed by atoms with E-state index >= 15 is 0 Å². The third-order valence-electron chi connectivity index (χ3n) is 4.53. The molecule has 0 heterocycles. The molecule has 2 heteroatoms. The molecular formula is C23H21FO. The van der Waals surface area contributed by atoms with Gasteiger partial charge in [0.15, 0.2) is 6.29 Å². The quantitative estimate of drug-likeness (QED) is 0.505. The van der Waals surface area contributed by atoms with Crippen LogP contribution in [-0.4, -0.2) is 6.29 Å². The second-order valence-electron chi connectivity index (χ2n) is 6.63. The summed E-state index contributed by atoms with van der Waals surface area (Å²) in [5.74, 6) is -0.0242. The lowest BCUT2D eigenvalue weighted by molar-refractivity contribution is 0.112. The molecule has 0 unspecified atom stereocenters. The molecule has 0 bridgehead atoms. The monoisotopic (exact) mass is 332 g/mol. The van der Waals surface area contributed by atoms with Crippen molar-refractivity contribution in [2.75, 3.05) is 0 Å². The summed E-state index contributed by atoms with van der Waals surface area (Å²) in [4.78, 5) is 11.9. The molecule has 3 aromatic carbocycles. The molecule has 0 fully saturated rings. The fourth-order valence-corrected chi connectivity index (χ4v) is 3.13. The van der Waals surface area contributed by atoms with Gasteiger partial charge in [-0.25, -0.2) is 4.39 Å². The number of carbonyl (C=O) groups excluding carboxylic acids is 1. The van der Waals surface area contributed by atoms with Gasteiger partial charge in [-0.15, -0.1) is 0 Å². The van der Waals surface area contributed by atoms with Gasteiger partial charge in [0.25, 0.3) is 0 Å². The molecule has 0 saturated carbocycles. The fourth-order valence-electron chi connectivity index (χ4n) is 3.13. The van der Waals surface area contributed by atoms with Crippen molar-refractivity contribution in [3.63, 3.8) is 0 Å². The molecule has 0 aliphatic rings. The van der Waals surface area contributed by atoms with Gasteiger partial charge in [-0.1, -0.05) is 56.3 Å². The van der Waals surface area contributed by atoms with Crippen molar-refractivity contribution in [2.45, 2.75) is 26.7 Å². The molecule has 0 amide bonds. The minimum atomic E-state index is -0.236. The topological polar surface area (TPSA) is 17.1 Å². The maximum Gasteiger partial charge on any atom is 0.150 e. The Morgan fingerprint density at radius 2 is 1.60 bits per heavy atom. The number of aryl methyl sites for hydroxylation is 1. The Morgan fingerprint density at radius 1 is 0.880 bits per heavy atom. The van der Waals surface area contributed by atoms with Crippen molar-refractivity contribution in [1.82, 2.24) is 0 Å². The summed E-state index contributed by atoms with van der Waals surface area (Å²) in [6.45, 7) is 5.90. The fraction of sp³-hybridized carbons (Fsp3) is 0.174. The molecule has 0 atom stereocenters.